The van der Waals surface area contributed by atoms with E-state index in [0.717, 1.165) is 5.56 Å². The Morgan fingerprint density at radius 3 is 2.67 bits per heavy atom. The Labute approximate surface area is 121 Å². The number of aliphatic carboxylic acids is 1. The fourth-order valence-electron chi connectivity index (χ4n) is 1.91. The summed E-state index contributed by atoms with van der Waals surface area (Å²) in [6, 6.07) is 8.63. The Kier molecular flexibility index (Phi) is 5.03. The van der Waals surface area contributed by atoms with Gasteiger partial charge in [0.15, 0.2) is 0 Å². The normalized spacial score (nSPS) is 11.8. The summed E-state index contributed by atoms with van der Waals surface area (Å²) in [5, 5.41) is 15.5. The number of rotatable bonds is 7. The molecule has 1 atom stereocenters. The zero-order valence-electron chi connectivity index (χ0n) is 11.3. The topological polar surface area (TPSA) is 97.1 Å². The Morgan fingerprint density at radius 2 is 2.05 bits per heavy atom. The van der Waals surface area contributed by atoms with Crippen molar-refractivity contribution < 1.29 is 14.7 Å². The molecule has 2 rings (SSSR count). The van der Waals surface area contributed by atoms with Crippen LogP contribution in [0.1, 0.15) is 12.0 Å². The summed E-state index contributed by atoms with van der Waals surface area (Å²) in [6.07, 6.45) is 3.64. The first kappa shape index (κ1) is 14.7. The van der Waals surface area contributed by atoms with Crippen molar-refractivity contribution in [2.75, 3.05) is 0 Å². The molecule has 1 amide bonds. The molecule has 2 aromatic rings. The minimum absolute atomic E-state index is 0.0465. The van der Waals surface area contributed by atoms with Gasteiger partial charge in [0.25, 0.3) is 0 Å². The zero-order chi connectivity index (χ0) is 15.1. The number of carbonyl (C=O) groups is 2. The molecule has 2 N–H and O–H groups in total. The fraction of sp³-hybridized carbons (Fsp3) is 0.286. The number of carbonyl (C=O) groups excluding carboxylic acids is 1. The second-order valence-corrected chi connectivity index (χ2v) is 4.58. The van der Waals surface area contributed by atoms with E-state index in [0.29, 0.717) is 12.8 Å². The molecule has 1 aromatic heterocycles. The van der Waals surface area contributed by atoms with Gasteiger partial charge in [-0.05, 0) is 18.4 Å². The van der Waals surface area contributed by atoms with Crippen molar-refractivity contribution in [2.24, 2.45) is 0 Å². The van der Waals surface area contributed by atoms with Crippen LogP contribution in [0.2, 0.25) is 0 Å². The average Bonchev–Trinajstić information content (AvgIpc) is 2.97. The Balaban J connectivity index is 1.87. The van der Waals surface area contributed by atoms with Crippen LogP contribution in [0.5, 0.6) is 0 Å². The molecule has 1 unspecified atom stereocenters. The molecule has 7 heteroatoms. The highest BCUT2D eigenvalue weighted by molar-refractivity contribution is 5.83. The van der Waals surface area contributed by atoms with Crippen molar-refractivity contribution in [2.45, 2.75) is 25.4 Å². The van der Waals surface area contributed by atoms with E-state index < -0.39 is 17.9 Å². The van der Waals surface area contributed by atoms with E-state index in [1.807, 2.05) is 30.3 Å². The van der Waals surface area contributed by atoms with E-state index in [1.54, 1.807) is 0 Å². The Bertz CT molecular complexity index is 584. The third kappa shape index (κ3) is 4.72. The number of amides is 1. The molecule has 0 aliphatic carbocycles. The molecule has 7 nitrogen and oxygen atoms in total. The number of nitrogens with one attached hydrogen (secondary N) is 1. The van der Waals surface area contributed by atoms with Crippen LogP contribution in [-0.2, 0) is 22.6 Å². The molecule has 0 saturated heterocycles. The maximum absolute atomic E-state index is 11.8. The van der Waals surface area contributed by atoms with Gasteiger partial charge in [0, 0.05) is 0 Å². The molecule has 21 heavy (non-hydrogen) atoms. The number of aryl methyl sites for hydroxylation is 1. The van der Waals surface area contributed by atoms with Gasteiger partial charge in [-0.25, -0.2) is 14.5 Å². The predicted molar refractivity (Wildman–Crippen MR) is 74.4 cm³/mol. The smallest absolute Gasteiger partial charge is 0.326 e. The van der Waals surface area contributed by atoms with E-state index >= 15 is 0 Å². The van der Waals surface area contributed by atoms with Gasteiger partial charge in [0.2, 0.25) is 5.91 Å². The molecule has 0 bridgehead atoms. The third-order valence-electron chi connectivity index (χ3n) is 2.97. The van der Waals surface area contributed by atoms with Crippen molar-refractivity contribution in [3.8, 4) is 0 Å². The maximum atomic E-state index is 11.8. The van der Waals surface area contributed by atoms with Gasteiger partial charge in [0.1, 0.15) is 25.2 Å². The lowest BCUT2D eigenvalue weighted by Crippen LogP contribution is -2.42. The van der Waals surface area contributed by atoms with Crippen molar-refractivity contribution in [1.82, 2.24) is 20.1 Å². The van der Waals surface area contributed by atoms with Gasteiger partial charge in [0.05, 0.1) is 0 Å². The monoisotopic (exact) mass is 288 g/mol. The van der Waals surface area contributed by atoms with E-state index in [1.165, 1.54) is 17.3 Å². The van der Waals surface area contributed by atoms with Crippen LogP contribution >= 0.6 is 0 Å². The number of benzene rings is 1. The Hall–Kier alpha value is -2.70. The SMILES string of the molecule is O=C(Cn1cncn1)NC(CCc1ccccc1)C(=O)O. The fourth-order valence-corrected chi connectivity index (χ4v) is 1.91. The highest BCUT2D eigenvalue weighted by atomic mass is 16.4. The number of hydrogen-bond donors (Lipinski definition) is 2. The number of hydrogen-bond acceptors (Lipinski definition) is 4. The maximum Gasteiger partial charge on any atom is 0.326 e. The zero-order valence-corrected chi connectivity index (χ0v) is 11.3. The highest BCUT2D eigenvalue weighted by Gasteiger charge is 2.19. The summed E-state index contributed by atoms with van der Waals surface area (Å²) >= 11 is 0. The van der Waals surface area contributed by atoms with E-state index in [2.05, 4.69) is 15.4 Å². The predicted octanol–water partition coefficient (Wildman–Crippen LogP) is 0.480. The largest absolute Gasteiger partial charge is 0.480 e. The number of aromatic nitrogens is 3. The molecular weight excluding hydrogens is 272 g/mol. The summed E-state index contributed by atoms with van der Waals surface area (Å²) in [4.78, 5) is 26.7. The molecule has 0 radical (unpaired) electrons. The highest BCUT2D eigenvalue weighted by Crippen LogP contribution is 2.05. The molecule has 0 fully saturated rings. The Morgan fingerprint density at radius 1 is 1.29 bits per heavy atom. The van der Waals surface area contributed by atoms with Gasteiger partial charge >= 0.3 is 5.97 Å². The van der Waals surface area contributed by atoms with Crippen LogP contribution in [0.25, 0.3) is 0 Å². The minimum Gasteiger partial charge on any atom is -0.480 e. The van der Waals surface area contributed by atoms with Gasteiger partial charge < -0.3 is 10.4 Å². The lowest BCUT2D eigenvalue weighted by atomic mass is 10.1. The first-order valence-electron chi connectivity index (χ1n) is 6.53. The second kappa shape index (κ2) is 7.18. The van der Waals surface area contributed by atoms with Crippen molar-refractivity contribution >= 4 is 11.9 Å². The van der Waals surface area contributed by atoms with Gasteiger partial charge in [-0.2, -0.15) is 5.10 Å². The number of carboxylic acids is 1. The van der Waals surface area contributed by atoms with Gasteiger partial charge in [-0.3, -0.25) is 4.79 Å². The van der Waals surface area contributed by atoms with E-state index in [4.69, 9.17) is 0 Å². The third-order valence-corrected chi connectivity index (χ3v) is 2.97. The molecule has 1 aromatic carbocycles. The van der Waals surface area contributed by atoms with Gasteiger partial charge in [-0.1, -0.05) is 30.3 Å². The van der Waals surface area contributed by atoms with Crippen LogP contribution in [0.4, 0.5) is 0 Å². The minimum atomic E-state index is -1.04. The molecule has 0 saturated carbocycles. The first-order valence-corrected chi connectivity index (χ1v) is 6.53. The lowest BCUT2D eigenvalue weighted by molar-refractivity contribution is -0.142. The van der Waals surface area contributed by atoms with Gasteiger partial charge in [-0.15, -0.1) is 0 Å². The van der Waals surface area contributed by atoms with Crippen molar-refractivity contribution in [3.05, 3.63) is 48.5 Å². The van der Waals surface area contributed by atoms with Crippen LogP contribution in [0.15, 0.2) is 43.0 Å². The van der Waals surface area contributed by atoms with Crippen LogP contribution in [0.3, 0.4) is 0 Å². The van der Waals surface area contributed by atoms with E-state index in [9.17, 15) is 14.7 Å². The second-order valence-electron chi connectivity index (χ2n) is 4.58. The first-order chi connectivity index (χ1) is 10.1. The van der Waals surface area contributed by atoms with Crippen molar-refractivity contribution in [1.29, 1.82) is 0 Å². The lowest BCUT2D eigenvalue weighted by Gasteiger charge is -2.14. The van der Waals surface area contributed by atoms with E-state index in [-0.39, 0.29) is 6.54 Å². The molecule has 1 heterocycles. The summed E-state index contributed by atoms with van der Waals surface area (Å²) in [6.45, 7) is -0.0465. The molecule has 0 spiro atoms. The molecular formula is C14H16N4O3. The number of carboxylic acid groups (broad SMARTS) is 1. The summed E-state index contributed by atoms with van der Waals surface area (Å²) in [7, 11) is 0. The van der Waals surface area contributed by atoms with Crippen molar-refractivity contribution in [3.63, 3.8) is 0 Å². The standard InChI is InChI=1S/C14H16N4O3/c19-13(8-18-10-15-9-16-18)17-12(14(20)21)7-6-11-4-2-1-3-5-11/h1-5,9-10,12H,6-8H2,(H,17,19)(H,20,21). The molecule has 0 aliphatic rings. The molecule has 110 valence electrons. The van der Waals surface area contributed by atoms with Crippen LogP contribution in [0, 0.1) is 0 Å². The molecule has 0 aliphatic heterocycles. The summed E-state index contributed by atoms with van der Waals surface area (Å²) < 4.78 is 1.34. The summed E-state index contributed by atoms with van der Waals surface area (Å²) in [5.74, 6) is -1.45. The van der Waals surface area contributed by atoms with Crippen LogP contribution < -0.4 is 5.32 Å². The van der Waals surface area contributed by atoms with Crippen LogP contribution in [-0.4, -0.2) is 37.8 Å². The summed E-state index contributed by atoms with van der Waals surface area (Å²) in [5.41, 5.74) is 1.04. The average molecular weight is 288 g/mol. The number of nitrogens with zero attached hydrogens (tertiary/aromatic N) is 3. The quantitative estimate of drug-likeness (QED) is 0.772.